The van der Waals surface area contributed by atoms with Crippen molar-refractivity contribution in [1.82, 2.24) is 10.2 Å². The average Bonchev–Trinajstić information content (AvgIpc) is 2.94. The lowest BCUT2D eigenvalue weighted by atomic mass is 10.1. The van der Waals surface area contributed by atoms with Gasteiger partial charge in [-0.1, -0.05) is 67.4 Å². The molecule has 1 N–H and O–H groups in total. The van der Waals surface area contributed by atoms with Crippen LogP contribution in [0.15, 0.2) is 83.8 Å². The van der Waals surface area contributed by atoms with Crippen LogP contribution in [-0.4, -0.2) is 44.3 Å². The zero-order valence-electron chi connectivity index (χ0n) is 23.2. The topological polar surface area (TPSA) is 86.8 Å². The van der Waals surface area contributed by atoms with Gasteiger partial charge in [0, 0.05) is 13.1 Å². The number of carbonyl (C=O) groups excluding carboxylic acids is 2. The first-order valence-electron chi connectivity index (χ1n) is 13.2. The van der Waals surface area contributed by atoms with E-state index in [-0.39, 0.29) is 17.1 Å². The van der Waals surface area contributed by atoms with Crippen molar-refractivity contribution in [3.8, 4) is 0 Å². The molecule has 0 aromatic heterocycles. The Hall–Kier alpha value is -3.86. The monoisotopic (exact) mass is 589 g/mol. The molecule has 1 atom stereocenters. The Balaban J connectivity index is 2.05. The van der Waals surface area contributed by atoms with Gasteiger partial charge in [-0.05, 0) is 56.2 Å². The normalized spacial score (nSPS) is 12.4. The van der Waals surface area contributed by atoms with Gasteiger partial charge in [0.15, 0.2) is 0 Å². The molecule has 2 amide bonds. The lowest BCUT2D eigenvalue weighted by Gasteiger charge is -2.32. The first-order chi connectivity index (χ1) is 19.3. The standard InChI is InChI=1S/C30H34F3N3O4S/c1-4-5-18-34-29(38)23(3)35(20-24-10-7-6-8-11-24)28(37)21-36(26-13-9-12-25(19-26)30(31,32)33)41(39,40)27-16-14-22(2)15-17-27/h6-17,19,23H,4-5,18,20-21H2,1-3H3,(H,34,38). The third-order valence-electron chi connectivity index (χ3n) is 6.54. The Morgan fingerprint density at radius 2 is 1.61 bits per heavy atom. The zero-order chi connectivity index (χ0) is 30.2. The number of unbranched alkanes of at least 4 members (excludes halogenated alkanes) is 1. The van der Waals surface area contributed by atoms with Crippen molar-refractivity contribution >= 4 is 27.5 Å². The summed E-state index contributed by atoms with van der Waals surface area (Å²) in [5, 5.41) is 2.79. The highest BCUT2D eigenvalue weighted by molar-refractivity contribution is 7.92. The van der Waals surface area contributed by atoms with E-state index in [0.717, 1.165) is 30.5 Å². The van der Waals surface area contributed by atoms with Gasteiger partial charge in [-0.15, -0.1) is 0 Å². The molecule has 0 saturated carbocycles. The fourth-order valence-electron chi connectivity index (χ4n) is 4.10. The van der Waals surface area contributed by atoms with Gasteiger partial charge < -0.3 is 10.2 Å². The molecule has 3 aromatic rings. The zero-order valence-corrected chi connectivity index (χ0v) is 24.0. The van der Waals surface area contributed by atoms with Crippen molar-refractivity contribution in [2.75, 3.05) is 17.4 Å². The molecular weight excluding hydrogens is 555 g/mol. The van der Waals surface area contributed by atoms with E-state index in [9.17, 15) is 31.2 Å². The molecule has 220 valence electrons. The fourth-order valence-corrected chi connectivity index (χ4v) is 5.51. The minimum Gasteiger partial charge on any atom is -0.354 e. The number of halogens is 3. The van der Waals surface area contributed by atoms with E-state index in [0.29, 0.717) is 22.5 Å². The van der Waals surface area contributed by atoms with Crippen LogP contribution in [0.1, 0.15) is 43.4 Å². The van der Waals surface area contributed by atoms with E-state index in [1.807, 2.05) is 6.92 Å². The molecular formula is C30H34F3N3O4S. The highest BCUT2D eigenvalue weighted by atomic mass is 32.2. The fraction of sp³-hybridized carbons (Fsp3) is 0.333. The van der Waals surface area contributed by atoms with Crippen molar-refractivity contribution in [3.05, 3.63) is 95.6 Å². The van der Waals surface area contributed by atoms with Crippen LogP contribution in [0, 0.1) is 6.92 Å². The number of hydrogen-bond donors (Lipinski definition) is 1. The minimum absolute atomic E-state index is 0.0109. The number of sulfonamides is 1. The van der Waals surface area contributed by atoms with E-state index in [1.165, 1.54) is 30.0 Å². The summed E-state index contributed by atoms with van der Waals surface area (Å²) in [5.74, 6) is -1.17. The Kier molecular flexibility index (Phi) is 10.6. The van der Waals surface area contributed by atoms with Crippen LogP contribution in [0.2, 0.25) is 0 Å². The molecule has 0 fully saturated rings. The first-order valence-corrected chi connectivity index (χ1v) is 14.7. The molecule has 0 spiro atoms. The van der Waals surface area contributed by atoms with Crippen LogP contribution in [0.25, 0.3) is 0 Å². The summed E-state index contributed by atoms with van der Waals surface area (Å²) in [4.78, 5) is 27.8. The molecule has 0 radical (unpaired) electrons. The third-order valence-corrected chi connectivity index (χ3v) is 8.33. The number of benzene rings is 3. The molecule has 0 aliphatic heterocycles. The van der Waals surface area contributed by atoms with Gasteiger partial charge in [0.25, 0.3) is 10.0 Å². The molecule has 0 bridgehead atoms. The summed E-state index contributed by atoms with van der Waals surface area (Å²) in [6.45, 7) is 4.84. The molecule has 41 heavy (non-hydrogen) atoms. The Morgan fingerprint density at radius 3 is 2.22 bits per heavy atom. The number of anilines is 1. The van der Waals surface area contributed by atoms with Crippen LogP contribution in [0.3, 0.4) is 0 Å². The second kappa shape index (κ2) is 13.7. The summed E-state index contributed by atoms with van der Waals surface area (Å²) < 4.78 is 68.9. The summed E-state index contributed by atoms with van der Waals surface area (Å²) in [5.41, 5.74) is 0.0912. The number of carbonyl (C=O) groups is 2. The molecule has 3 aromatic carbocycles. The van der Waals surface area contributed by atoms with Crippen LogP contribution in [-0.2, 0) is 32.3 Å². The smallest absolute Gasteiger partial charge is 0.354 e. The maximum absolute atomic E-state index is 13.8. The number of nitrogens with one attached hydrogen (secondary N) is 1. The second-order valence-corrected chi connectivity index (χ2v) is 11.6. The number of hydrogen-bond acceptors (Lipinski definition) is 4. The lowest BCUT2D eigenvalue weighted by Crippen LogP contribution is -2.51. The molecule has 0 aliphatic carbocycles. The van der Waals surface area contributed by atoms with Crippen LogP contribution in [0.4, 0.5) is 18.9 Å². The molecule has 0 aliphatic rings. The highest BCUT2D eigenvalue weighted by Gasteiger charge is 2.35. The van der Waals surface area contributed by atoms with Gasteiger partial charge >= 0.3 is 6.18 Å². The number of alkyl halides is 3. The van der Waals surface area contributed by atoms with Crippen molar-refractivity contribution in [2.24, 2.45) is 0 Å². The summed E-state index contributed by atoms with van der Waals surface area (Å²) in [7, 11) is -4.48. The Bertz CT molecular complexity index is 1430. The van der Waals surface area contributed by atoms with E-state index >= 15 is 0 Å². The second-order valence-electron chi connectivity index (χ2n) is 9.70. The van der Waals surface area contributed by atoms with Gasteiger partial charge in [-0.3, -0.25) is 13.9 Å². The van der Waals surface area contributed by atoms with Gasteiger partial charge in [0.1, 0.15) is 12.6 Å². The van der Waals surface area contributed by atoms with Crippen molar-refractivity contribution in [1.29, 1.82) is 0 Å². The highest BCUT2D eigenvalue weighted by Crippen LogP contribution is 2.33. The minimum atomic E-state index is -4.73. The molecule has 7 nitrogen and oxygen atoms in total. The molecule has 1 unspecified atom stereocenters. The van der Waals surface area contributed by atoms with Crippen molar-refractivity contribution < 1.29 is 31.2 Å². The van der Waals surface area contributed by atoms with E-state index in [4.69, 9.17) is 0 Å². The summed E-state index contributed by atoms with van der Waals surface area (Å²) in [6.07, 6.45) is -3.14. The Labute approximate surface area is 239 Å². The summed E-state index contributed by atoms with van der Waals surface area (Å²) >= 11 is 0. The van der Waals surface area contributed by atoms with E-state index in [1.54, 1.807) is 49.4 Å². The molecule has 3 rings (SSSR count). The van der Waals surface area contributed by atoms with Gasteiger partial charge in [-0.2, -0.15) is 13.2 Å². The molecule has 0 saturated heterocycles. The quantitative estimate of drug-likeness (QED) is 0.281. The number of aryl methyl sites for hydroxylation is 1. The number of nitrogens with zero attached hydrogens (tertiary/aromatic N) is 2. The Morgan fingerprint density at radius 1 is 0.951 bits per heavy atom. The van der Waals surface area contributed by atoms with Crippen LogP contribution < -0.4 is 9.62 Å². The number of rotatable bonds is 12. The number of amides is 2. The first kappa shape index (κ1) is 31.7. The summed E-state index contributed by atoms with van der Waals surface area (Å²) in [6, 6.07) is 17.5. The van der Waals surface area contributed by atoms with Gasteiger partial charge in [0.2, 0.25) is 11.8 Å². The SMILES string of the molecule is CCCCNC(=O)C(C)N(Cc1ccccc1)C(=O)CN(c1cccc(C(F)(F)F)c1)S(=O)(=O)c1ccc(C)cc1. The molecule has 11 heteroatoms. The van der Waals surface area contributed by atoms with Gasteiger partial charge in [-0.25, -0.2) is 8.42 Å². The predicted molar refractivity (Wildman–Crippen MR) is 152 cm³/mol. The van der Waals surface area contributed by atoms with Crippen molar-refractivity contribution in [3.63, 3.8) is 0 Å². The maximum Gasteiger partial charge on any atom is 0.416 e. The van der Waals surface area contributed by atoms with Crippen LogP contribution >= 0.6 is 0 Å². The molecule has 0 heterocycles. The van der Waals surface area contributed by atoms with Gasteiger partial charge in [0.05, 0.1) is 16.1 Å². The third kappa shape index (κ3) is 8.32. The average molecular weight is 590 g/mol. The lowest BCUT2D eigenvalue weighted by molar-refractivity contribution is -0.139. The van der Waals surface area contributed by atoms with Crippen molar-refractivity contribution in [2.45, 2.75) is 57.3 Å². The largest absolute Gasteiger partial charge is 0.416 e. The maximum atomic E-state index is 13.8. The van der Waals surface area contributed by atoms with E-state index < -0.39 is 46.2 Å². The van der Waals surface area contributed by atoms with Crippen LogP contribution in [0.5, 0.6) is 0 Å². The van der Waals surface area contributed by atoms with E-state index in [2.05, 4.69) is 5.32 Å². The predicted octanol–water partition coefficient (Wildman–Crippen LogP) is 5.54.